The third-order valence-corrected chi connectivity index (χ3v) is 13.5. The summed E-state index contributed by atoms with van der Waals surface area (Å²) in [6, 6.07) is 66.3. The Morgan fingerprint density at radius 3 is 1.12 bits per heavy atom. The predicted octanol–water partition coefficient (Wildman–Crippen LogP) is 15.6. The van der Waals surface area contributed by atoms with Crippen LogP contribution in [0.1, 0.15) is 59.7 Å². The van der Waals surface area contributed by atoms with E-state index in [-0.39, 0.29) is 5.56 Å². The largest absolute Gasteiger partial charge is 0.496 e. The molecule has 0 spiro atoms. The number of ether oxygens (including phenoxy) is 4. The third kappa shape index (κ3) is 13.4. The Hall–Kier alpha value is -11.6. The van der Waals surface area contributed by atoms with E-state index in [4.69, 9.17) is 24.2 Å². The number of aromatic nitrogens is 6. The number of nitrogens with one attached hydrogen (secondary N) is 3. The Bertz CT molecular complexity index is 4380. The van der Waals surface area contributed by atoms with E-state index in [2.05, 4.69) is 54.2 Å². The van der Waals surface area contributed by atoms with Crippen LogP contribution < -0.4 is 14.2 Å². The van der Waals surface area contributed by atoms with Crippen LogP contribution >= 0.6 is 0 Å². The summed E-state index contributed by atoms with van der Waals surface area (Å²) in [7, 11) is 5.92. The molecule has 412 valence electrons. The molecule has 12 aromatic rings. The molecule has 3 aromatic heterocycles. The van der Waals surface area contributed by atoms with Crippen LogP contribution in [0.5, 0.6) is 17.2 Å². The molecular formula is C70H55N7O7. The third-order valence-electron chi connectivity index (χ3n) is 13.5. The van der Waals surface area contributed by atoms with Gasteiger partial charge in [-0.3, -0.25) is 0 Å². The van der Waals surface area contributed by atoms with Gasteiger partial charge >= 0.3 is 11.9 Å². The summed E-state index contributed by atoms with van der Waals surface area (Å²) in [5.41, 5.74) is 15.9. The van der Waals surface area contributed by atoms with Gasteiger partial charge in [0.25, 0.3) is 0 Å². The van der Waals surface area contributed by atoms with Gasteiger partial charge in [-0.25, -0.2) is 24.5 Å². The summed E-state index contributed by atoms with van der Waals surface area (Å²) < 4.78 is 20.5. The summed E-state index contributed by atoms with van der Waals surface area (Å²) >= 11 is 0. The molecule has 0 saturated carbocycles. The molecule has 84 heavy (non-hydrogen) atoms. The zero-order valence-electron chi connectivity index (χ0n) is 46.2. The minimum Gasteiger partial charge on any atom is -0.496 e. The molecule has 0 radical (unpaired) electrons. The van der Waals surface area contributed by atoms with Gasteiger partial charge in [0, 0.05) is 16.7 Å². The standard InChI is InChI=1S/C24H20N2O3.C23H17N3O.C23H18N2O3/c1-28-22-15-17(12-13-19(22)24(27)29-2)11-10-16-6-5-7-18(14-16)23-25-20-8-3-4-9-21(20)26-23;1-27-22-14-17(11-12-19(22)15-24)10-9-16-5-4-6-18(13-16)23-25-20-7-2-3-8-21(20)26-23;1-28-21-14-16(11-12-18(21)23(26)27)10-9-15-5-4-6-17(13-15)22-24-19-7-2-3-8-20(19)25-22/h3-15H,1-2H3,(H,25,26);2-14H,1H3,(H,25,26);2-14H,1H3,(H,24,25)(H,26,27). The van der Waals surface area contributed by atoms with E-state index in [1.807, 2.05) is 188 Å². The molecule has 14 nitrogen and oxygen atoms in total. The number of carboxylic acid groups (broad SMARTS) is 1. The molecule has 0 aliphatic rings. The van der Waals surface area contributed by atoms with Gasteiger partial charge in [0.2, 0.25) is 0 Å². The second-order valence-electron chi connectivity index (χ2n) is 19.0. The van der Waals surface area contributed by atoms with Gasteiger partial charge in [-0.15, -0.1) is 0 Å². The van der Waals surface area contributed by atoms with E-state index in [9.17, 15) is 14.7 Å². The lowest BCUT2D eigenvalue weighted by Gasteiger charge is -2.07. The monoisotopic (exact) mass is 1110 g/mol. The van der Waals surface area contributed by atoms with Crippen molar-refractivity contribution in [3.63, 3.8) is 0 Å². The summed E-state index contributed by atoms with van der Waals surface area (Å²) in [5, 5.41) is 18.3. The van der Waals surface area contributed by atoms with Crippen molar-refractivity contribution in [1.82, 2.24) is 29.9 Å². The average molecular weight is 1110 g/mol. The SMILES string of the molecule is COC(=O)c1ccc(C=Cc2cccc(-c3nc4ccccc4[nH]3)c2)cc1OC.COc1cc(C=Cc2cccc(-c3nc4ccccc4[nH]3)c2)ccc1C#N.COc1cc(C=Cc2cccc(-c3nc4ccccc4[nH]3)c2)ccc1C(=O)O. The van der Waals surface area contributed by atoms with Crippen molar-refractivity contribution < 1.29 is 33.6 Å². The molecule has 9 aromatic carbocycles. The van der Waals surface area contributed by atoms with Gasteiger partial charge in [-0.1, -0.05) is 146 Å². The summed E-state index contributed by atoms with van der Waals surface area (Å²) in [6.45, 7) is 0. The number of nitrogens with zero attached hydrogens (tertiary/aromatic N) is 4. The van der Waals surface area contributed by atoms with Crippen LogP contribution in [0, 0.1) is 11.3 Å². The molecule has 0 unspecified atom stereocenters. The first-order valence-corrected chi connectivity index (χ1v) is 26.5. The fourth-order valence-corrected chi connectivity index (χ4v) is 9.20. The molecule has 0 atom stereocenters. The molecule has 4 N–H and O–H groups in total. The fourth-order valence-electron chi connectivity index (χ4n) is 9.20. The number of imidazole rings is 3. The van der Waals surface area contributed by atoms with Gasteiger partial charge in [0.15, 0.2) is 0 Å². The van der Waals surface area contributed by atoms with Crippen LogP contribution in [0.4, 0.5) is 0 Å². The van der Waals surface area contributed by atoms with Gasteiger partial charge in [0.1, 0.15) is 51.9 Å². The maximum Gasteiger partial charge on any atom is 0.341 e. The number of nitriles is 1. The molecule has 0 aliphatic heterocycles. The van der Waals surface area contributed by atoms with Crippen LogP contribution in [0.2, 0.25) is 0 Å². The highest BCUT2D eigenvalue weighted by Crippen LogP contribution is 2.28. The zero-order chi connectivity index (χ0) is 58.4. The molecule has 14 heteroatoms. The molecule has 3 heterocycles. The van der Waals surface area contributed by atoms with Crippen molar-refractivity contribution >= 4 is 81.5 Å². The Balaban J connectivity index is 0.000000140. The number of carbonyl (C=O) groups excluding carboxylic acids is 1. The van der Waals surface area contributed by atoms with Crippen LogP contribution in [0.15, 0.2) is 200 Å². The minimum absolute atomic E-state index is 0.145. The highest BCUT2D eigenvalue weighted by Gasteiger charge is 2.14. The first kappa shape index (κ1) is 55.7. The lowest BCUT2D eigenvalue weighted by atomic mass is 10.1. The number of hydrogen-bond donors (Lipinski definition) is 4. The number of rotatable bonds is 14. The van der Waals surface area contributed by atoms with Gasteiger partial charge in [0.05, 0.1) is 67.1 Å². The maximum atomic E-state index is 11.8. The molecule has 0 amide bonds. The maximum absolute atomic E-state index is 11.8. The Morgan fingerprint density at radius 1 is 0.417 bits per heavy atom. The number of aromatic carboxylic acids is 1. The number of benzene rings is 9. The van der Waals surface area contributed by atoms with Gasteiger partial charge in [-0.05, 0) is 124 Å². The smallest absolute Gasteiger partial charge is 0.341 e. The fraction of sp³-hybridized carbons (Fsp3) is 0.0571. The van der Waals surface area contributed by atoms with Crippen molar-refractivity contribution in [2.45, 2.75) is 0 Å². The lowest BCUT2D eigenvalue weighted by Crippen LogP contribution is -2.03. The first-order valence-electron chi connectivity index (χ1n) is 26.5. The van der Waals surface area contributed by atoms with Crippen molar-refractivity contribution in [3.05, 3.63) is 250 Å². The van der Waals surface area contributed by atoms with Crippen molar-refractivity contribution in [2.24, 2.45) is 0 Å². The highest BCUT2D eigenvalue weighted by atomic mass is 16.5. The number of esters is 1. The highest BCUT2D eigenvalue weighted by molar-refractivity contribution is 5.93. The number of H-pyrrole nitrogens is 3. The Labute approximate surface area is 484 Å². The van der Waals surface area contributed by atoms with Crippen LogP contribution in [0.3, 0.4) is 0 Å². The number of carbonyl (C=O) groups is 2. The van der Waals surface area contributed by atoms with Crippen LogP contribution in [0.25, 0.3) is 104 Å². The quantitative estimate of drug-likeness (QED) is 0.0596. The predicted molar refractivity (Wildman–Crippen MR) is 333 cm³/mol. The van der Waals surface area contributed by atoms with Gasteiger partial charge < -0.3 is 39.0 Å². The van der Waals surface area contributed by atoms with Crippen LogP contribution in [-0.4, -0.2) is 75.4 Å². The summed E-state index contributed by atoms with van der Waals surface area (Å²) in [4.78, 5) is 47.0. The van der Waals surface area contributed by atoms with Gasteiger partial charge in [-0.2, -0.15) is 5.26 Å². The van der Waals surface area contributed by atoms with Crippen molar-refractivity contribution in [1.29, 1.82) is 5.26 Å². The topological polar surface area (TPSA) is 201 Å². The Morgan fingerprint density at radius 2 is 0.762 bits per heavy atom. The number of para-hydroxylation sites is 6. The van der Waals surface area contributed by atoms with Crippen LogP contribution in [-0.2, 0) is 4.74 Å². The average Bonchev–Trinajstić information content (AvgIpc) is 4.43. The van der Waals surface area contributed by atoms with E-state index < -0.39 is 11.9 Å². The summed E-state index contributed by atoms with van der Waals surface area (Å²) in [6.07, 6.45) is 11.9. The van der Waals surface area contributed by atoms with E-state index in [0.717, 1.165) is 101 Å². The molecule has 0 fully saturated rings. The number of aromatic amines is 3. The minimum atomic E-state index is -1.01. The van der Waals surface area contributed by atoms with E-state index in [1.165, 1.54) is 21.3 Å². The number of methoxy groups -OCH3 is 4. The molecule has 0 bridgehead atoms. The molecule has 0 saturated heterocycles. The normalized spacial score (nSPS) is 11.1. The number of hydrogen-bond acceptors (Lipinski definition) is 10. The molecular weight excluding hydrogens is 1050 g/mol. The van der Waals surface area contributed by atoms with E-state index >= 15 is 0 Å². The second-order valence-corrected chi connectivity index (χ2v) is 19.0. The van der Waals surface area contributed by atoms with E-state index in [0.29, 0.717) is 28.4 Å². The Kier molecular flexibility index (Phi) is 17.3. The number of carboxylic acids is 1. The van der Waals surface area contributed by atoms with Crippen molar-refractivity contribution in [3.8, 4) is 57.5 Å². The molecule has 12 rings (SSSR count). The van der Waals surface area contributed by atoms with Crippen molar-refractivity contribution in [2.75, 3.05) is 28.4 Å². The first-order chi connectivity index (χ1) is 41.1. The summed E-state index contributed by atoms with van der Waals surface area (Å²) in [5.74, 6) is 2.49. The van der Waals surface area contributed by atoms with E-state index in [1.54, 1.807) is 37.4 Å². The zero-order valence-corrected chi connectivity index (χ0v) is 46.2. The lowest BCUT2D eigenvalue weighted by molar-refractivity contribution is 0.0596. The second kappa shape index (κ2) is 26.1. The molecule has 0 aliphatic carbocycles. The number of fused-ring (bicyclic) bond motifs is 3.